The minimum atomic E-state index is -0.287. The lowest BCUT2D eigenvalue weighted by atomic mass is 9.95. The molecule has 29 heavy (non-hydrogen) atoms. The molecule has 0 radical (unpaired) electrons. The maximum Gasteiger partial charge on any atom is 0.145 e. The lowest BCUT2D eigenvalue weighted by molar-refractivity contribution is 0.626. The van der Waals surface area contributed by atoms with Crippen molar-refractivity contribution in [1.82, 2.24) is 0 Å². The molecule has 0 amide bonds. The zero-order chi connectivity index (χ0) is 20.5. The summed E-state index contributed by atoms with van der Waals surface area (Å²) in [4.78, 5) is 1.89. The highest BCUT2D eigenvalue weighted by Gasteiger charge is 2.21. The second-order valence-electron chi connectivity index (χ2n) is 6.48. The molecule has 0 nitrogen and oxygen atoms in total. The molecule has 0 spiro atoms. The van der Waals surface area contributed by atoms with Crippen LogP contribution < -0.4 is 0 Å². The summed E-state index contributed by atoms with van der Waals surface area (Å²) in [7, 11) is 0. The van der Waals surface area contributed by atoms with E-state index in [1.54, 1.807) is 41.7 Å². The Balaban J connectivity index is 2.06. The highest BCUT2D eigenvalue weighted by atomic mass is 79.9. The number of fused-ring (bicyclic) bond motifs is 1. The van der Waals surface area contributed by atoms with Gasteiger partial charge in [0.15, 0.2) is 0 Å². The van der Waals surface area contributed by atoms with Crippen molar-refractivity contribution in [2.75, 3.05) is 12.5 Å². The van der Waals surface area contributed by atoms with E-state index in [1.807, 2.05) is 55.0 Å². The molecule has 0 aliphatic carbocycles. The second kappa shape index (κ2) is 8.50. The summed E-state index contributed by atoms with van der Waals surface area (Å²) < 4.78 is 30.3. The van der Waals surface area contributed by atoms with Crippen molar-refractivity contribution in [1.29, 1.82) is 0 Å². The molecule has 0 bridgehead atoms. The van der Waals surface area contributed by atoms with E-state index < -0.39 is 0 Å². The fourth-order valence-corrected chi connectivity index (χ4v) is 5.93. The minimum Gasteiger partial charge on any atom is -0.206 e. The normalized spacial score (nSPS) is 11.2. The Bertz CT molecular complexity index is 1220. The first-order valence-electron chi connectivity index (χ1n) is 8.93. The molecule has 4 aromatic carbocycles. The molecule has 0 N–H and O–H groups in total. The molecule has 0 aliphatic rings. The van der Waals surface area contributed by atoms with E-state index in [0.717, 1.165) is 31.7 Å². The fraction of sp³-hybridized carbons (Fsp3) is 0.0833. The van der Waals surface area contributed by atoms with Crippen LogP contribution in [0, 0.1) is 11.6 Å². The third-order valence-electron chi connectivity index (χ3n) is 4.90. The van der Waals surface area contributed by atoms with Crippen molar-refractivity contribution in [3.8, 4) is 22.3 Å². The number of hydrogen-bond donors (Lipinski definition) is 0. The van der Waals surface area contributed by atoms with Gasteiger partial charge in [-0.1, -0.05) is 54.6 Å². The van der Waals surface area contributed by atoms with Crippen molar-refractivity contribution in [3.05, 3.63) is 82.8 Å². The Morgan fingerprint density at radius 1 is 0.724 bits per heavy atom. The number of thioether (sulfide) groups is 2. The van der Waals surface area contributed by atoms with Crippen molar-refractivity contribution < 1.29 is 8.78 Å². The van der Waals surface area contributed by atoms with Gasteiger partial charge in [-0.05, 0) is 56.9 Å². The van der Waals surface area contributed by atoms with Crippen LogP contribution in [0.4, 0.5) is 8.78 Å². The third-order valence-corrected chi connectivity index (χ3v) is 7.27. The van der Waals surface area contributed by atoms with Crippen LogP contribution in [0.3, 0.4) is 0 Å². The molecular weight excluding hydrogens is 470 g/mol. The molecule has 5 heteroatoms. The molecule has 0 heterocycles. The molecule has 0 saturated carbocycles. The first-order valence-corrected chi connectivity index (χ1v) is 12.2. The Morgan fingerprint density at radius 2 is 1.34 bits per heavy atom. The van der Waals surface area contributed by atoms with Gasteiger partial charge in [0.05, 0.1) is 4.47 Å². The summed E-state index contributed by atoms with van der Waals surface area (Å²) in [5.41, 5.74) is 2.76. The van der Waals surface area contributed by atoms with E-state index in [9.17, 15) is 4.39 Å². The van der Waals surface area contributed by atoms with Crippen LogP contribution in [0.25, 0.3) is 33.0 Å². The van der Waals surface area contributed by atoms with Gasteiger partial charge in [-0.15, -0.1) is 23.5 Å². The van der Waals surface area contributed by atoms with Gasteiger partial charge in [0, 0.05) is 26.5 Å². The number of halogens is 3. The Morgan fingerprint density at radius 3 is 2.07 bits per heavy atom. The van der Waals surface area contributed by atoms with E-state index in [2.05, 4.69) is 15.9 Å². The van der Waals surface area contributed by atoms with Gasteiger partial charge in [-0.2, -0.15) is 0 Å². The average Bonchev–Trinajstić information content (AvgIpc) is 2.74. The van der Waals surface area contributed by atoms with Crippen LogP contribution >= 0.6 is 39.5 Å². The monoisotopic (exact) mass is 486 g/mol. The average molecular weight is 487 g/mol. The molecule has 0 atom stereocenters. The first-order chi connectivity index (χ1) is 14.1. The Labute approximate surface area is 185 Å². The Hall–Kier alpha value is -1.82. The third kappa shape index (κ3) is 3.60. The van der Waals surface area contributed by atoms with Crippen LogP contribution in [0.2, 0.25) is 0 Å². The van der Waals surface area contributed by atoms with Crippen LogP contribution in [0.1, 0.15) is 0 Å². The first kappa shape index (κ1) is 20.5. The van der Waals surface area contributed by atoms with Gasteiger partial charge < -0.3 is 0 Å². The van der Waals surface area contributed by atoms with E-state index >= 15 is 4.39 Å². The van der Waals surface area contributed by atoms with Gasteiger partial charge in [0.25, 0.3) is 0 Å². The molecule has 146 valence electrons. The summed E-state index contributed by atoms with van der Waals surface area (Å²) in [6.07, 6.45) is 3.94. The predicted molar refractivity (Wildman–Crippen MR) is 126 cm³/mol. The van der Waals surface area contributed by atoms with E-state index in [1.165, 1.54) is 6.07 Å². The molecule has 0 unspecified atom stereocenters. The van der Waals surface area contributed by atoms with Crippen molar-refractivity contribution in [2.45, 2.75) is 9.79 Å². The fourth-order valence-electron chi connectivity index (χ4n) is 3.61. The molecule has 4 aromatic rings. The molecule has 0 fully saturated rings. The zero-order valence-corrected chi connectivity index (χ0v) is 19.0. The largest absolute Gasteiger partial charge is 0.206 e. The van der Waals surface area contributed by atoms with E-state index in [4.69, 9.17) is 0 Å². The maximum atomic E-state index is 15.3. The van der Waals surface area contributed by atoms with Crippen molar-refractivity contribution in [3.63, 3.8) is 0 Å². The van der Waals surface area contributed by atoms with Crippen LogP contribution in [0.5, 0.6) is 0 Å². The highest BCUT2D eigenvalue weighted by Crippen LogP contribution is 2.46. The summed E-state index contributed by atoms with van der Waals surface area (Å²) in [5, 5.41) is 1.82. The van der Waals surface area contributed by atoms with Crippen molar-refractivity contribution >= 4 is 50.2 Å². The standard InChI is InChI=1S/C24H17BrF2S2/c1-28-23-17(16-9-5-6-10-20(16)26)11-12-18(24(23)29-2)21-15-8-4-3-7-14(15)13-19(25)22(21)27/h3-13H,1-2H3. The van der Waals surface area contributed by atoms with Gasteiger partial charge in [0.1, 0.15) is 11.6 Å². The zero-order valence-electron chi connectivity index (χ0n) is 15.8. The smallest absolute Gasteiger partial charge is 0.145 e. The van der Waals surface area contributed by atoms with Crippen LogP contribution in [-0.2, 0) is 0 Å². The number of rotatable bonds is 4. The van der Waals surface area contributed by atoms with E-state index in [-0.39, 0.29) is 11.6 Å². The molecule has 0 aliphatic heterocycles. The Kier molecular flexibility index (Phi) is 6.00. The highest BCUT2D eigenvalue weighted by molar-refractivity contribution is 9.10. The van der Waals surface area contributed by atoms with Crippen molar-refractivity contribution in [2.24, 2.45) is 0 Å². The van der Waals surface area contributed by atoms with Gasteiger partial charge in [-0.25, -0.2) is 8.78 Å². The van der Waals surface area contributed by atoms with Gasteiger partial charge in [-0.3, -0.25) is 0 Å². The quantitative estimate of drug-likeness (QED) is 0.264. The summed E-state index contributed by atoms with van der Waals surface area (Å²) in [6.45, 7) is 0. The molecule has 0 saturated heterocycles. The topological polar surface area (TPSA) is 0 Å². The maximum absolute atomic E-state index is 15.3. The molecule has 0 aromatic heterocycles. The number of hydrogen-bond acceptors (Lipinski definition) is 2. The SMILES string of the molecule is CSc1c(-c2ccccc2F)ccc(-c2c(F)c(Br)cc3ccccc23)c1SC. The minimum absolute atomic E-state index is 0.262. The van der Waals surface area contributed by atoms with Gasteiger partial charge in [0.2, 0.25) is 0 Å². The molecule has 4 rings (SSSR count). The van der Waals surface area contributed by atoms with Crippen LogP contribution in [0.15, 0.2) is 81.0 Å². The summed E-state index contributed by atoms with van der Waals surface area (Å²) >= 11 is 6.48. The van der Waals surface area contributed by atoms with Crippen LogP contribution in [-0.4, -0.2) is 12.5 Å². The predicted octanol–water partition coefficient (Wildman–Crippen LogP) is 8.66. The van der Waals surface area contributed by atoms with E-state index in [0.29, 0.717) is 15.6 Å². The summed E-state index contributed by atoms with van der Waals surface area (Å²) in [5.74, 6) is -0.550. The molecular formula is C24H17BrF2S2. The lowest BCUT2D eigenvalue weighted by Crippen LogP contribution is -1.95. The summed E-state index contributed by atoms with van der Waals surface area (Å²) in [6, 6.07) is 20.1. The van der Waals surface area contributed by atoms with Gasteiger partial charge >= 0.3 is 0 Å². The second-order valence-corrected chi connectivity index (χ2v) is 8.96. The lowest BCUT2D eigenvalue weighted by Gasteiger charge is -2.19. The number of benzene rings is 4.